The first-order valence-electron chi connectivity index (χ1n) is 11.6. The summed E-state index contributed by atoms with van der Waals surface area (Å²) in [5.74, 6) is -0.807. The van der Waals surface area contributed by atoms with Gasteiger partial charge in [0, 0.05) is 21.8 Å². The molecule has 0 unspecified atom stereocenters. The molecule has 2 heterocycles. The molecule has 4 rings (SSSR count). The van der Waals surface area contributed by atoms with E-state index in [4.69, 9.17) is 20.8 Å². The van der Waals surface area contributed by atoms with E-state index >= 15 is 0 Å². The standard InChI is InChI=1S/C27H22BrClN2O6S/c1-2-3-12-36-26(34)20-13-18(8-10-21(20)29)30-24(32)15-31-25(33)23(38-27(31)35)14-19-9-11-22(37-19)16-4-6-17(28)7-5-16/h4-11,13-14H,2-3,12,15H2,1H3,(H,30,32)/b23-14+. The summed E-state index contributed by atoms with van der Waals surface area (Å²) >= 11 is 10.2. The number of furan rings is 1. The SMILES string of the molecule is CCCCOC(=O)c1cc(NC(=O)CN2C(=O)S/C(=C/c3ccc(-c4ccc(Br)cc4)o3)C2=O)ccc1Cl. The van der Waals surface area contributed by atoms with Crippen LogP contribution in [0.15, 0.2) is 68.4 Å². The number of esters is 1. The van der Waals surface area contributed by atoms with Crippen molar-refractivity contribution < 1.29 is 28.3 Å². The van der Waals surface area contributed by atoms with Crippen LogP contribution in [0.1, 0.15) is 35.9 Å². The van der Waals surface area contributed by atoms with Crippen molar-refractivity contribution in [3.05, 3.63) is 80.3 Å². The minimum absolute atomic E-state index is 0.107. The van der Waals surface area contributed by atoms with Gasteiger partial charge >= 0.3 is 5.97 Å². The summed E-state index contributed by atoms with van der Waals surface area (Å²) in [5, 5.41) is 2.19. The molecule has 3 aromatic rings. The van der Waals surface area contributed by atoms with Gasteiger partial charge in [0.1, 0.15) is 18.1 Å². The van der Waals surface area contributed by atoms with Crippen molar-refractivity contribution in [2.45, 2.75) is 19.8 Å². The van der Waals surface area contributed by atoms with Gasteiger partial charge in [0.15, 0.2) is 0 Å². The van der Waals surface area contributed by atoms with Gasteiger partial charge in [0.05, 0.1) is 22.1 Å². The monoisotopic (exact) mass is 616 g/mol. The van der Waals surface area contributed by atoms with Crippen molar-refractivity contribution in [3.63, 3.8) is 0 Å². The lowest BCUT2D eigenvalue weighted by atomic mass is 10.2. The van der Waals surface area contributed by atoms with Gasteiger partial charge in [-0.15, -0.1) is 0 Å². The molecular weight excluding hydrogens is 596 g/mol. The zero-order chi connectivity index (χ0) is 27.2. The van der Waals surface area contributed by atoms with Crippen LogP contribution in [0.25, 0.3) is 17.4 Å². The number of imide groups is 1. The molecule has 0 bridgehead atoms. The number of hydrogen-bond donors (Lipinski definition) is 1. The van der Waals surface area contributed by atoms with Crippen molar-refractivity contribution in [2.24, 2.45) is 0 Å². The molecule has 2 aromatic carbocycles. The second kappa shape index (κ2) is 12.5. The van der Waals surface area contributed by atoms with Gasteiger partial charge < -0.3 is 14.5 Å². The Morgan fingerprint density at radius 2 is 1.89 bits per heavy atom. The number of halogens is 2. The molecule has 0 saturated carbocycles. The van der Waals surface area contributed by atoms with Gasteiger partial charge in [-0.1, -0.05) is 53.0 Å². The van der Waals surface area contributed by atoms with E-state index in [1.807, 2.05) is 31.2 Å². The third-order valence-corrected chi connectivity index (χ3v) is 7.17. The normalized spacial score (nSPS) is 14.3. The Balaban J connectivity index is 1.40. The Labute approximate surface area is 236 Å². The average molecular weight is 618 g/mol. The molecule has 1 N–H and O–H groups in total. The zero-order valence-corrected chi connectivity index (χ0v) is 23.3. The van der Waals surface area contributed by atoms with Crippen LogP contribution in [-0.4, -0.2) is 41.1 Å². The quantitative estimate of drug-likeness (QED) is 0.157. The van der Waals surface area contributed by atoms with Crippen LogP contribution in [0, 0.1) is 0 Å². The number of anilines is 1. The summed E-state index contributed by atoms with van der Waals surface area (Å²) in [6.07, 6.45) is 3.06. The van der Waals surface area contributed by atoms with Crippen LogP contribution in [-0.2, 0) is 14.3 Å². The van der Waals surface area contributed by atoms with E-state index < -0.39 is 29.6 Å². The molecule has 1 aliphatic heterocycles. The highest BCUT2D eigenvalue weighted by Crippen LogP contribution is 2.33. The topological polar surface area (TPSA) is 106 Å². The molecule has 1 saturated heterocycles. The summed E-state index contributed by atoms with van der Waals surface area (Å²) in [5.41, 5.74) is 1.24. The smallest absolute Gasteiger partial charge is 0.339 e. The molecule has 0 aliphatic carbocycles. The lowest BCUT2D eigenvalue weighted by molar-refractivity contribution is -0.127. The van der Waals surface area contributed by atoms with Gasteiger partial charge in [0.2, 0.25) is 5.91 Å². The second-order valence-corrected chi connectivity index (χ2v) is 10.5. The maximum absolute atomic E-state index is 12.8. The van der Waals surface area contributed by atoms with E-state index in [1.54, 1.807) is 12.1 Å². The highest BCUT2D eigenvalue weighted by Gasteiger charge is 2.36. The van der Waals surface area contributed by atoms with E-state index in [0.717, 1.165) is 39.5 Å². The molecule has 3 amide bonds. The molecule has 1 aliphatic rings. The van der Waals surface area contributed by atoms with Crippen LogP contribution in [0.5, 0.6) is 0 Å². The first kappa shape index (κ1) is 27.7. The minimum atomic E-state index is -0.614. The van der Waals surface area contributed by atoms with Crippen molar-refractivity contribution >= 4 is 74.1 Å². The molecular formula is C27H22BrClN2O6S. The summed E-state index contributed by atoms with van der Waals surface area (Å²) < 4.78 is 11.9. The minimum Gasteiger partial charge on any atom is -0.462 e. The maximum atomic E-state index is 12.8. The van der Waals surface area contributed by atoms with E-state index in [2.05, 4.69) is 21.2 Å². The Morgan fingerprint density at radius 3 is 2.63 bits per heavy atom. The largest absolute Gasteiger partial charge is 0.462 e. The number of benzene rings is 2. The van der Waals surface area contributed by atoms with Gasteiger partial charge in [-0.25, -0.2) is 4.79 Å². The Morgan fingerprint density at radius 1 is 1.13 bits per heavy atom. The summed E-state index contributed by atoms with van der Waals surface area (Å²) in [7, 11) is 0. The van der Waals surface area contributed by atoms with E-state index in [1.165, 1.54) is 24.3 Å². The van der Waals surface area contributed by atoms with E-state index in [9.17, 15) is 19.2 Å². The molecule has 0 spiro atoms. The van der Waals surface area contributed by atoms with E-state index in [0.29, 0.717) is 11.5 Å². The molecule has 8 nitrogen and oxygen atoms in total. The zero-order valence-electron chi connectivity index (χ0n) is 20.2. The lowest BCUT2D eigenvalue weighted by Crippen LogP contribution is -2.36. The summed E-state index contributed by atoms with van der Waals surface area (Å²) in [6, 6.07) is 15.4. The molecule has 11 heteroatoms. The summed E-state index contributed by atoms with van der Waals surface area (Å²) in [6.45, 7) is 1.74. The Bertz CT molecular complexity index is 1420. The van der Waals surface area contributed by atoms with Crippen LogP contribution in [0.2, 0.25) is 5.02 Å². The predicted molar refractivity (Wildman–Crippen MR) is 150 cm³/mol. The number of carbonyl (C=O) groups excluding carboxylic acids is 4. The molecule has 1 fully saturated rings. The predicted octanol–water partition coefficient (Wildman–Crippen LogP) is 6.99. The van der Waals surface area contributed by atoms with Crippen LogP contribution < -0.4 is 5.32 Å². The van der Waals surface area contributed by atoms with Gasteiger partial charge in [-0.2, -0.15) is 0 Å². The van der Waals surface area contributed by atoms with Gasteiger partial charge in [-0.3, -0.25) is 19.3 Å². The van der Waals surface area contributed by atoms with Crippen LogP contribution in [0.4, 0.5) is 10.5 Å². The fourth-order valence-electron chi connectivity index (χ4n) is 3.46. The van der Waals surface area contributed by atoms with Gasteiger partial charge in [0.25, 0.3) is 11.1 Å². The van der Waals surface area contributed by atoms with Gasteiger partial charge in [-0.05, 0) is 60.6 Å². The average Bonchev–Trinajstić information content (AvgIpc) is 3.46. The summed E-state index contributed by atoms with van der Waals surface area (Å²) in [4.78, 5) is 51.2. The van der Waals surface area contributed by atoms with Crippen LogP contribution in [0.3, 0.4) is 0 Å². The van der Waals surface area contributed by atoms with Crippen molar-refractivity contribution in [2.75, 3.05) is 18.5 Å². The Hall–Kier alpha value is -3.34. The number of amides is 3. The highest BCUT2D eigenvalue weighted by atomic mass is 79.9. The molecule has 1 aromatic heterocycles. The highest BCUT2D eigenvalue weighted by molar-refractivity contribution is 9.10. The third-order valence-electron chi connectivity index (χ3n) is 5.41. The lowest BCUT2D eigenvalue weighted by Gasteiger charge is -2.13. The van der Waals surface area contributed by atoms with E-state index in [-0.39, 0.29) is 27.8 Å². The number of rotatable bonds is 9. The Kier molecular flexibility index (Phi) is 9.09. The number of thioether (sulfide) groups is 1. The first-order chi connectivity index (χ1) is 18.2. The fourth-order valence-corrected chi connectivity index (χ4v) is 4.73. The fraction of sp³-hybridized carbons (Fsp3) is 0.185. The second-order valence-electron chi connectivity index (χ2n) is 8.21. The molecule has 38 heavy (non-hydrogen) atoms. The molecule has 0 radical (unpaired) electrons. The number of carbonyl (C=O) groups is 4. The first-order valence-corrected chi connectivity index (χ1v) is 13.6. The van der Waals surface area contributed by atoms with Crippen molar-refractivity contribution in [3.8, 4) is 11.3 Å². The molecule has 0 atom stereocenters. The van der Waals surface area contributed by atoms with Crippen LogP contribution >= 0.6 is 39.3 Å². The number of ether oxygens (including phenoxy) is 1. The number of nitrogens with zero attached hydrogens (tertiary/aromatic N) is 1. The third kappa shape index (κ3) is 6.75. The number of hydrogen-bond acceptors (Lipinski definition) is 7. The van der Waals surface area contributed by atoms with Crippen molar-refractivity contribution in [1.82, 2.24) is 4.90 Å². The maximum Gasteiger partial charge on any atom is 0.339 e. The number of unbranched alkanes of at least 4 members (excludes halogenated alkanes) is 1. The van der Waals surface area contributed by atoms with Crippen molar-refractivity contribution in [1.29, 1.82) is 0 Å². The molecule has 196 valence electrons. The number of nitrogens with one attached hydrogen (secondary N) is 1.